The molecule has 1 saturated heterocycles. The van der Waals surface area contributed by atoms with Gasteiger partial charge in [-0.1, -0.05) is 12.1 Å². The van der Waals surface area contributed by atoms with E-state index in [2.05, 4.69) is 28.6 Å². The van der Waals surface area contributed by atoms with Crippen molar-refractivity contribution in [3.63, 3.8) is 0 Å². The number of morpholine rings is 1. The quantitative estimate of drug-likeness (QED) is 0.483. The summed E-state index contributed by atoms with van der Waals surface area (Å²) in [5.41, 5.74) is 2.67. The second kappa shape index (κ2) is 11.5. The van der Waals surface area contributed by atoms with Crippen molar-refractivity contribution in [2.75, 3.05) is 57.4 Å². The van der Waals surface area contributed by atoms with Crippen molar-refractivity contribution in [2.45, 2.75) is 40.2 Å². The Kier molecular flexibility index (Phi) is 8.43. The number of aryl methyl sites for hydroxylation is 2. The molecule has 1 aromatic carbocycles. The lowest BCUT2D eigenvalue weighted by Crippen LogP contribution is -2.39. The van der Waals surface area contributed by atoms with E-state index in [1.165, 1.54) is 11.3 Å². The van der Waals surface area contributed by atoms with E-state index in [9.17, 15) is 14.7 Å². The lowest BCUT2D eigenvalue weighted by atomic mass is 9.94. The van der Waals surface area contributed by atoms with Crippen molar-refractivity contribution in [3.05, 3.63) is 56.7 Å². The molecule has 1 fully saturated rings. The second-order valence-electron chi connectivity index (χ2n) is 9.21. The van der Waals surface area contributed by atoms with Crippen LogP contribution in [0.1, 0.15) is 52.2 Å². The van der Waals surface area contributed by atoms with Gasteiger partial charge in [0.1, 0.15) is 0 Å². The van der Waals surface area contributed by atoms with Crippen LogP contribution in [0.4, 0.5) is 5.69 Å². The summed E-state index contributed by atoms with van der Waals surface area (Å²) in [6, 6.07) is 7.35. The van der Waals surface area contributed by atoms with E-state index in [1.54, 1.807) is 11.8 Å². The number of thiazole rings is 1. The van der Waals surface area contributed by atoms with Gasteiger partial charge in [-0.2, -0.15) is 0 Å². The normalized spacial score (nSPS) is 18.8. The van der Waals surface area contributed by atoms with Gasteiger partial charge < -0.3 is 19.6 Å². The van der Waals surface area contributed by atoms with E-state index >= 15 is 0 Å². The molecule has 1 amide bonds. The summed E-state index contributed by atoms with van der Waals surface area (Å²) in [5.74, 6) is -1.26. The van der Waals surface area contributed by atoms with E-state index < -0.39 is 17.7 Å². The highest BCUT2D eigenvalue weighted by Gasteiger charge is 2.44. The van der Waals surface area contributed by atoms with Crippen LogP contribution in [-0.2, 0) is 9.53 Å². The Morgan fingerprint density at radius 3 is 2.39 bits per heavy atom. The highest BCUT2D eigenvalue weighted by atomic mass is 32.1. The van der Waals surface area contributed by atoms with Crippen LogP contribution in [0.5, 0.6) is 0 Å². The SMILES string of the molecule is CCN(CC)c1ccc(C2C(C(=O)c3sc(C)nc3C)=C(O)C(=O)N2CCCN2CCOCC2)cc1. The van der Waals surface area contributed by atoms with Crippen LogP contribution in [0.3, 0.4) is 0 Å². The predicted octanol–water partition coefficient (Wildman–Crippen LogP) is 3.91. The molecule has 1 atom stereocenters. The minimum absolute atomic E-state index is 0.147. The van der Waals surface area contributed by atoms with Gasteiger partial charge in [0.05, 0.1) is 40.4 Å². The standard InChI is InChI=1S/C27H36N4O4S/c1-5-30(6-2)21-10-8-20(9-11-21)23-22(24(32)26-18(3)28-19(4)36-26)25(33)27(34)31(23)13-7-12-29-14-16-35-17-15-29/h8-11,23,33H,5-7,12-17H2,1-4H3. The minimum atomic E-state index is -0.637. The summed E-state index contributed by atoms with van der Waals surface area (Å²) >= 11 is 1.30. The van der Waals surface area contributed by atoms with Crippen molar-refractivity contribution in [1.82, 2.24) is 14.8 Å². The fourth-order valence-corrected chi connectivity index (χ4v) is 5.95. The first-order valence-corrected chi connectivity index (χ1v) is 13.5. The number of Topliss-reactive ketones (excluding diaryl/α,β-unsaturated/α-hetero) is 1. The summed E-state index contributed by atoms with van der Waals surface area (Å²) in [6.07, 6.45) is 0.743. The third-order valence-electron chi connectivity index (χ3n) is 6.97. The summed E-state index contributed by atoms with van der Waals surface area (Å²) in [5, 5.41) is 11.8. The van der Waals surface area contributed by atoms with E-state index in [-0.39, 0.29) is 11.4 Å². The Labute approximate surface area is 217 Å². The molecule has 2 aromatic rings. The monoisotopic (exact) mass is 512 g/mol. The first-order valence-electron chi connectivity index (χ1n) is 12.7. The van der Waals surface area contributed by atoms with Gasteiger partial charge in [0, 0.05) is 45.0 Å². The van der Waals surface area contributed by atoms with E-state index in [0.717, 1.165) is 68.6 Å². The third-order valence-corrected chi connectivity index (χ3v) is 8.04. The molecule has 194 valence electrons. The maximum atomic E-state index is 13.7. The van der Waals surface area contributed by atoms with Crippen LogP contribution < -0.4 is 4.90 Å². The summed E-state index contributed by atoms with van der Waals surface area (Å²) in [4.78, 5) is 38.1. The lowest BCUT2D eigenvalue weighted by molar-refractivity contribution is -0.129. The molecular weight excluding hydrogens is 476 g/mol. The van der Waals surface area contributed by atoms with Crippen LogP contribution in [0.15, 0.2) is 35.6 Å². The van der Waals surface area contributed by atoms with Crippen LogP contribution in [-0.4, -0.2) is 84.1 Å². The van der Waals surface area contributed by atoms with Gasteiger partial charge in [0.25, 0.3) is 5.91 Å². The number of aromatic nitrogens is 1. The van der Waals surface area contributed by atoms with E-state index in [0.29, 0.717) is 17.1 Å². The average molecular weight is 513 g/mol. The fraction of sp³-hybridized carbons (Fsp3) is 0.519. The topological polar surface area (TPSA) is 86.2 Å². The molecule has 36 heavy (non-hydrogen) atoms. The Morgan fingerprint density at radius 1 is 1.14 bits per heavy atom. The molecule has 4 rings (SSSR count). The first-order chi connectivity index (χ1) is 17.3. The molecular formula is C27H36N4O4S. The molecule has 2 aliphatic rings. The molecule has 2 aliphatic heterocycles. The van der Waals surface area contributed by atoms with Crippen molar-refractivity contribution in [1.29, 1.82) is 0 Å². The van der Waals surface area contributed by atoms with Crippen LogP contribution in [0.25, 0.3) is 0 Å². The van der Waals surface area contributed by atoms with Crippen molar-refractivity contribution >= 4 is 28.7 Å². The van der Waals surface area contributed by atoms with Crippen molar-refractivity contribution in [2.24, 2.45) is 0 Å². The highest BCUT2D eigenvalue weighted by molar-refractivity contribution is 7.14. The Balaban J connectivity index is 1.64. The molecule has 0 radical (unpaired) electrons. The van der Waals surface area contributed by atoms with Gasteiger partial charge >= 0.3 is 0 Å². The molecule has 0 saturated carbocycles. The van der Waals surface area contributed by atoms with Crippen molar-refractivity contribution in [3.8, 4) is 0 Å². The number of nitrogens with zero attached hydrogens (tertiary/aromatic N) is 4. The number of aliphatic hydroxyl groups excluding tert-OH is 1. The Bertz CT molecular complexity index is 1120. The number of carbonyl (C=O) groups excluding carboxylic acids is 2. The average Bonchev–Trinajstić information content (AvgIpc) is 3.35. The van der Waals surface area contributed by atoms with Crippen LogP contribution >= 0.6 is 11.3 Å². The van der Waals surface area contributed by atoms with Gasteiger partial charge in [-0.05, 0) is 51.8 Å². The molecule has 0 aliphatic carbocycles. The Morgan fingerprint density at radius 2 is 1.81 bits per heavy atom. The van der Waals surface area contributed by atoms with Gasteiger partial charge in [0.2, 0.25) is 5.78 Å². The van der Waals surface area contributed by atoms with E-state index in [1.807, 2.05) is 31.2 Å². The number of amides is 1. The molecule has 1 unspecified atom stereocenters. The number of benzene rings is 1. The molecule has 1 N–H and O–H groups in total. The second-order valence-corrected chi connectivity index (χ2v) is 10.4. The van der Waals surface area contributed by atoms with Gasteiger partial charge in [-0.25, -0.2) is 4.98 Å². The number of anilines is 1. The summed E-state index contributed by atoms with van der Waals surface area (Å²) < 4.78 is 5.43. The minimum Gasteiger partial charge on any atom is -0.503 e. The zero-order chi connectivity index (χ0) is 25.8. The molecule has 1 aromatic heterocycles. The van der Waals surface area contributed by atoms with Crippen LogP contribution in [0.2, 0.25) is 0 Å². The maximum Gasteiger partial charge on any atom is 0.290 e. The van der Waals surface area contributed by atoms with Crippen LogP contribution in [0, 0.1) is 13.8 Å². The predicted molar refractivity (Wildman–Crippen MR) is 142 cm³/mol. The third kappa shape index (κ3) is 5.33. The molecule has 3 heterocycles. The number of aliphatic hydroxyl groups is 1. The zero-order valence-corrected chi connectivity index (χ0v) is 22.4. The first kappa shape index (κ1) is 26.3. The number of hydrogen-bond acceptors (Lipinski definition) is 8. The number of ether oxygens (including phenoxy) is 1. The number of ketones is 1. The summed E-state index contributed by atoms with van der Waals surface area (Å²) in [6.45, 7) is 14.1. The largest absolute Gasteiger partial charge is 0.503 e. The zero-order valence-electron chi connectivity index (χ0n) is 21.6. The van der Waals surface area contributed by atoms with Gasteiger partial charge in [0.15, 0.2) is 5.76 Å². The fourth-order valence-electron chi connectivity index (χ4n) is 5.07. The Hall–Kier alpha value is -2.75. The number of hydrogen-bond donors (Lipinski definition) is 1. The highest BCUT2D eigenvalue weighted by Crippen LogP contribution is 2.40. The number of carbonyl (C=O) groups is 2. The lowest BCUT2D eigenvalue weighted by Gasteiger charge is -2.30. The van der Waals surface area contributed by atoms with Gasteiger partial charge in [-0.15, -0.1) is 11.3 Å². The number of rotatable bonds is 10. The molecule has 9 heteroatoms. The summed E-state index contributed by atoms with van der Waals surface area (Å²) in [7, 11) is 0. The molecule has 8 nitrogen and oxygen atoms in total. The van der Waals surface area contributed by atoms with Gasteiger partial charge in [-0.3, -0.25) is 14.5 Å². The smallest absolute Gasteiger partial charge is 0.290 e. The molecule has 0 spiro atoms. The molecule has 0 bridgehead atoms. The van der Waals surface area contributed by atoms with E-state index in [4.69, 9.17) is 4.74 Å². The maximum absolute atomic E-state index is 13.7. The van der Waals surface area contributed by atoms with Crippen molar-refractivity contribution < 1.29 is 19.4 Å².